The molecular formula is C16H21F3N2O4. The van der Waals surface area contributed by atoms with Gasteiger partial charge in [0.1, 0.15) is 11.4 Å². The smallest absolute Gasteiger partial charge is 0.422 e. The molecule has 0 unspecified atom stereocenters. The van der Waals surface area contributed by atoms with Gasteiger partial charge in [-0.2, -0.15) is 13.2 Å². The highest BCUT2D eigenvalue weighted by Gasteiger charge is 2.28. The van der Waals surface area contributed by atoms with Crippen LogP contribution in [0.1, 0.15) is 27.2 Å². The molecule has 0 aromatic heterocycles. The minimum Gasteiger partial charge on any atom is -0.482 e. The van der Waals surface area contributed by atoms with Crippen LogP contribution in [0, 0.1) is 0 Å². The molecule has 1 aromatic rings. The monoisotopic (exact) mass is 362 g/mol. The number of alkyl carbamates (subject to hydrolysis) is 1. The summed E-state index contributed by atoms with van der Waals surface area (Å²) in [5.41, 5.74) is -0.532. The lowest BCUT2D eigenvalue weighted by Gasteiger charge is -2.19. The number of benzene rings is 1. The Balaban J connectivity index is 2.48. The Morgan fingerprint density at radius 3 is 2.36 bits per heavy atom. The maximum absolute atomic E-state index is 12.2. The van der Waals surface area contributed by atoms with Crippen LogP contribution in [0.2, 0.25) is 0 Å². The van der Waals surface area contributed by atoms with Crippen molar-refractivity contribution in [2.45, 2.75) is 39.0 Å². The molecule has 0 aliphatic rings. The topological polar surface area (TPSA) is 76.7 Å². The molecule has 140 valence electrons. The van der Waals surface area contributed by atoms with E-state index in [9.17, 15) is 22.8 Å². The first-order valence-electron chi connectivity index (χ1n) is 7.51. The Bertz CT molecular complexity index is 598. The molecule has 0 fully saturated rings. The van der Waals surface area contributed by atoms with E-state index in [1.807, 2.05) is 0 Å². The molecule has 0 atom stereocenters. The number of carbonyl (C=O) groups excluding carboxylic acids is 2. The summed E-state index contributed by atoms with van der Waals surface area (Å²) in [4.78, 5) is 23.3. The number of amides is 2. The molecular weight excluding hydrogens is 341 g/mol. The van der Waals surface area contributed by atoms with Crippen molar-refractivity contribution in [3.8, 4) is 5.75 Å². The Morgan fingerprint density at radius 2 is 1.76 bits per heavy atom. The highest BCUT2D eigenvalue weighted by Crippen LogP contribution is 2.26. The minimum absolute atomic E-state index is 0.0202. The van der Waals surface area contributed by atoms with Crippen LogP contribution in [0.4, 0.5) is 23.7 Å². The average Bonchev–Trinajstić information content (AvgIpc) is 2.43. The second kappa shape index (κ2) is 8.59. The Hall–Kier alpha value is -2.45. The van der Waals surface area contributed by atoms with Gasteiger partial charge in [0.15, 0.2) is 6.61 Å². The van der Waals surface area contributed by atoms with E-state index in [0.717, 1.165) is 0 Å². The molecule has 2 amide bonds. The number of ether oxygens (including phenoxy) is 2. The summed E-state index contributed by atoms with van der Waals surface area (Å²) in [5.74, 6) is -0.576. The lowest BCUT2D eigenvalue weighted by Crippen LogP contribution is -2.34. The third kappa shape index (κ3) is 9.43. The zero-order valence-corrected chi connectivity index (χ0v) is 14.2. The number of carbonyl (C=O) groups is 2. The van der Waals surface area contributed by atoms with Gasteiger partial charge in [-0.1, -0.05) is 12.1 Å². The van der Waals surface area contributed by atoms with Crippen molar-refractivity contribution in [1.82, 2.24) is 5.32 Å². The number of alkyl halides is 3. The largest absolute Gasteiger partial charge is 0.482 e. The number of hydrogen-bond acceptors (Lipinski definition) is 4. The maximum Gasteiger partial charge on any atom is 0.422 e. The highest BCUT2D eigenvalue weighted by molar-refractivity contribution is 5.92. The summed E-state index contributed by atoms with van der Waals surface area (Å²) in [6, 6.07) is 5.78. The molecule has 0 spiro atoms. The SMILES string of the molecule is CC(C)(C)OC(=O)NCCC(=O)Nc1ccccc1OCC(F)(F)F. The van der Waals surface area contributed by atoms with Crippen LogP contribution < -0.4 is 15.4 Å². The summed E-state index contributed by atoms with van der Waals surface area (Å²) >= 11 is 0. The molecule has 0 aliphatic carbocycles. The van der Waals surface area contributed by atoms with Crippen LogP contribution in [0.15, 0.2) is 24.3 Å². The van der Waals surface area contributed by atoms with Crippen LogP contribution in [-0.4, -0.2) is 36.9 Å². The van der Waals surface area contributed by atoms with Crippen LogP contribution in [-0.2, 0) is 9.53 Å². The fourth-order valence-corrected chi connectivity index (χ4v) is 1.66. The molecule has 0 radical (unpaired) electrons. The van der Waals surface area contributed by atoms with Crippen LogP contribution in [0.3, 0.4) is 0 Å². The summed E-state index contributed by atoms with van der Waals surface area (Å²) in [7, 11) is 0. The Labute approximate surface area is 143 Å². The third-order valence-electron chi connectivity index (χ3n) is 2.57. The molecule has 25 heavy (non-hydrogen) atoms. The molecule has 1 aromatic carbocycles. The molecule has 0 aliphatic heterocycles. The summed E-state index contributed by atoms with van der Waals surface area (Å²) in [5, 5.41) is 4.86. The van der Waals surface area contributed by atoms with Gasteiger partial charge in [-0.3, -0.25) is 4.79 Å². The highest BCUT2D eigenvalue weighted by atomic mass is 19.4. The first kappa shape index (κ1) is 20.6. The van der Waals surface area contributed by atoms with E-state index in [2.05, 4.69) is 15.4 Å². The summed E-state index contributed by atoms with van der Waals surface area (Å²) in [6.07, 6.45) is -5.21. The van der Waals surface area contributed by atoms with Crippen LogP contribution in [0.25, 0.3) is 0 Å². The molecule has 0 saturated carbocycles. The molecule has 0 bridgehead atoms. The molecule has 6 nitrogen and oxygen atoms in total. The molecule has 9 heteroatoms. The van der Waals surface area contributed by atoms with Gasteiger partial charge >= 0.3 is 12.3 Å². The third-order valence-corrected chi connectivity index (χ3v) is 2.57. The first-order valence-corrected chi connectivity index (χ1v) is 7.51. The molecule has 1 rings (SSSR count). The number of anilines is 1. The zero-order valence-electron chi connectivity index (χ0n) is 14.2. The van der Waals surface area contributed by atoms with Crippen molar-refractivity contribution >= 4 is 17.7 Å². The van der Waals surface area contributed by atoms with Crippen molar-refractivity contribution in [2.24, 2.45) is 0 Å². The Morgan fingerprint density at radius 1 is 1.12 bits per heavy atom. The van der Waals surface area contributed by atoms with Crippen LogP contribution >= 0.6 is 0 Å². The predicted octanol–water partition coefficient (Wildman–Crippen LogP) is 3.48. The predicted molar refractivity (Wildman–Crippen MR) is 85.5 cm³/mol. The van der Waals surface area contributed by atoms with E-state index in [1.165, 1.54) is 18.2 Å². The van der Waals surface area contributed by atoms with Crippen LogP contribution in [0.5, 0.6) is 5.75 Å². The number of hydrogen-bond donors (Lipinski definition) is 2. The normalized spacial score (nSPS) is 11.6. The molecule has 0 saturated heterocycles. The van der Waals surface area contributed by atoms with E-state index in [0.29, 0.717) is 0 Å². The second-order valence-electron chi connectivity index (χ2n) is 6.13. The van der Waals surface area contributed by atoms with Crippen molar-refractivity contribution in [1.29, 1.82) is 0 Å². The standard InChI is InChI=1S/C16H21F3N2O4/c1-15(2,3)25-14(23)20-9-8-13(22)21-11-6-4-5-7-12(11)24-10-16(17,18)19/h4-7H,8-10H2,1-3H3,(H,20,23)(H,21,22). The van der Waals surface area contributed by atoms with Gasteiger partial charge in [0.05, 0.1) is 5.69 Å². The van der Waals surface area contributed by atoms with Crippen molar-refractivity contribution in [3.05, 3.63) is 24.3 Å². The van der Waals surface area contributed by atoms with Gasteiger partial charge in [-0.05, 0) is 32.9 Å². The quantitative estimate of drug-likeness (QED) is 0.812. The molecule has 2 N–H and O–H groups in total. The first-order chi connectivity index (χ1) is 11.5. The summed E-state index contributed by atoms with van der Waals surface area (Å²) < 4.78 is 46.4. The van der Waals surface area contributed by atoms with E-state index in [-0.39, 0.29) is 24.4 Å². The fourth-order valence-electron chi connectivity index (χ4n) is 1.66. The van der Waals surface area contributed by atoms with Gasteiger partial charge in [-0.15, -0.1) is 0 Å². The van der Waals surface area contributed by atoms with Crippen molar-refractivity contribution in [2.75, 3.05) is 18.5 Å². The van der Waals surface area contributed by atoms with Gasteiger partial charge in [0.2, 0.25) is 5.91 Å². The lowest BCUT2D eigenvalue weighted by atomic mass is 10.2. The van der Waals surface area contributed by atoms with E-state index < -0.39 is 30.4 Å². The fraction of sp³-hybridized carbons (Fsp3) is 0.500. The van der Waals surface area contributed by atoms with Gasteiger partial charge in [0, 0.05) is 13.0 Å². The number of halogens is 3. The Kier molecular flexibility index (Phi) is 7.08. The number of rotatable bonds is 6. The second-order valence-corrected chi connectivity index (χ2v) is 6.13. The van der Waals surface area contributed by atoms with Gasteiger partial charge in [0.25, 0.3) is 0 Å². The van der Waals surface area contributed by atoms with Crippen molar-refractivity contribution < 1.29 is 32.2 Å². The average molecular weight is 362 g/mol. The number of nitrogens with one attached hydrogen (secondary N) is 2. The summed E-state index contributed by atoms with van der Waals surface area (Å²) in [6.45, 7) is 3.68. The number of para-hydroxylation sites is 2. The molecule has 0 heterocycles. The van der Waals surface area contributed by atoms with E-state index in [1.54, 1.807) is 26.8 Å². The van der Waals surface area contributed by atoms with E-state index >= 15 is 0 Å². The zero-order chi connectivity index (χ0) is 19.1. The van der Waals surface area contributed by atoms with Gasteiger partial charge < -0.3 is 20.1 Å². The van der Waals surface area contributed by atoms with Gasteiger partial charge in [-0.25, -0.2) is 4.79 Å². The minimum atomic E-state index is -4.48. The lowest BCUT2D eigenvalue weighted by molar-refractivity contribution is -0.153. The van der Waals surface area contributed by atoms with E-state index in [4.69, 9.17) is 4.74 Å². The maximum atomic E-state index is 12.2. The van der Waals surface area contributed by atoms with Crippen molar-refractivity contribution in [3.63, 3.8) is 0 Å².